The predicted molar refractivity (Wildman–Crippen MR) is 106 cm³/mol. The van der Waals surface area contributed by atoms with Gasteiger partial charge >= 0.3 is 0 Å². The average molecular weight is 379 g/mol. The van der Waals surface area contributed by atoms with Gasteiger partial charge < -0.3 is 19.5 Å². The number of methoxy groups -OCH3 is 2. The van der Waals surface area contributed by atoms with E-state index < -0.39 is 0 Å². The predicted octanol–water partition coefficient (Wildman–Crippen LogP) is 3.81. The smallest absolute Gasteiger partial charge is 0.259 e. The third kappa shape index (κ3) is 4.20. The summed E-state index contributed by atoms with van der Waals surface area (Å²) in [5.74, 6) is 1.05. The maximum atomic E-state index is 12.7. The van der Waals surface area contributed by atoms with Crippen molar-refractivity contribution < 1.29 is 19.0 Å². The highest BCUT2D eigenvalue weighted by atomic mass is 16.5. The summed E-state index contributed by atoms with van der Waals surface area (Å²) in [4.78, 5) is 12.7. The Labute approximate surface area is 163 Å². The van der Waals surface area contributed by atoms with Gasteiger partial charge in [0.15, 0.2) is 11.5 Å². The summed E-state index contributed by atoms with van der Waals surface area (Å²) < 4.78 is 15.9. The highest BCUT2D eigenvalue weighted by Gasteiger charge is 2.16. The lowest BCUT2D eigenvalue weighted by molar-refractivity contribution is 0.102. The van der Waals surface area contributed by atoms with Gasteiger partial charge in [-0.15, -0.1) is 10.2 Å². The van der Waals surface area contributed by atoms with Crippen molar-refractivity contribution in [1.82, 2.24) is 10.2 Å². The van der Waals surface area contributed by atoms with E-state index in [0.717, 1.165) is 5.56 Å². The van der Waals surface area contributed by atoms with Crippen molar-refractivity contribution in [2.75, 3.05) is 26.1 Å². The van der Waals surface area contributed by atoms with E-state index in [1.54, 1.807) is 30.3 Å². The number of nitrogens with zero attached hydrogens (tertiary/aromatic N) is 2. The van der Waals surface area contributed by atoms with Crippen molar-refractivity contribution in [2.45, 2.75) is 6.92 Å². The van der Waals surface area contributed by atoms with Gasteiger partial charge in [-0.05, 0) is 37.3 Å². The average Bonchev–Trinajstić information content (AvgIpc) is 2.74. The quantitative estimate of drug-likeness (QED) is 0.672. The normalized spacial score (nSPS) is 10.2. The minimum atomic E-state index is -0.300. The summed E-state index contributed by atoms with van der Waals surface area (Å²) in [5.41, 5.74) is 2.51. The highest BCUT2D eigenvalue weighted by molar-refractivity contribution is 6.07. The number of carbonyl (C=O) groups excluding carboxylic acids is 1. The van der Waals surface area contributed by atoms with E-state index in [1.807, 2.05) is 31.2 Å². The van der Waals surface area contributed by atoms with Crippen LogP contribution in [0.3, 0.4) is 0 Å². The molecular weight excluding hydrogens is 358 g/mol. The Morgan fingerprint density at radius 1 is 1.00 bits per heavy atom. The second kappa shape index (κ2) is 8.85. The Balaban J connectivity index is 1.82. The van der Waals surface area contributed by atoms with Gasteiger partial charge in [-0.3, -0.25) is 4.79 Å². The molecular formula is C21H21N3O4. The Morgan fingerprint density at radius 2 is 1.82 bits per heavy atom. The van der Waals surface area contributed by atoms with Crippen LogP contribution in [0.5, 0.6) is 17.4 Å². The van der Waals surface area contributed by atoms with Crippen molar-refractivity contribution in [3.63, 3.8) is 0 Å². The third-order valence-electron chi connectivity index (χ3n) is 4.00. The van der Waals surface area contributed by atoms with Gasteiger partial charge in [0.1, 0.15) is 0 Å². The van der Waals surface area contributed by atoms with Crippen molar-refractivity contribution in [3.05, 3.63) is 60.2 Å². The first-order valence-electron chi connectivity index (χ1n) is 8.75. The molecule has 0 aliphatic heterocycles. The molecule has 3 rings (SSSR count). The van der Waals surface area contributed by atoms with Crippen LogP contribution >= 0.6 is 0 Å². The molecule has 0 aliphatic carbocycles. The van der Waals surface area contributed by atoms with Crippen LogP contribution < -0.4 is 19.5 Å². The van der Waals surface area contributed by atoms with Crippen molar-refractivity contribution in [2.24, 2.45) is 0 Å². The Bertz CT molecular complexity index is 958. The highest BCUT2D eigenvalue weighted by Crippen LogP contribution is 2.31. The Hall–Kier alpha value is -3.61. The fourth-order valence-corrected chi connectivity index (χ4v) is 2.72. The third-order valence-corrected chi connectivity index (χ3v) is 4.00. The number of amides is 1. The minimum Gasteiger partial charge on any atom is -0.493 e. The molecule has 28 heavy (non-hydrogen) atoms. The molecule has 0 bridgehead atoms. The Kier molecular flexibility index (Phi) is 6.06. The summed E-state index contributed by atoms with van der Waals surface area (Å²) in [6, 6.07) is 16.1. The van der Waals surface area contributed by atoms with Gasteiger partial charge in [-0.25, -0.2) is 0 Å². The van der Waals surface area contributed by atoms with Crippen LogP contribution in [0.4, 0.5) is 5.69 Å². The van der Waals surface area contributed by atoms with Gasteiger partial charge in [-0.2, -0.15) is 0 Å². The van der Waals surface area contributed by atoms with Crippen LogP contribution in [-0.2, 0) is 0 Å². The second-order valence-electron chi connectivity index (χ2n) is 5.77. The molecule has 1 heterocycles. The van der Waals surface area contributed by atoms with E-state index in [2.05, 4.69) is 15.5 Å². The minimum absolute atomic E-state index is 0.300. The van der Waals surface area contributed by atoms with Gasteiger partial charge in [0, 0.05) is 17.3 Å². The van der Waals surface area contributed by atoms with Crippen LogP contribution in [0.15, 0.2) is 54.6 Å². The summed E-state index contributed by atoms with van der Waals surface area (Å²) in [6.07, 6.45) is 0. The molecule has 0 atom stereocenters. The van der Waals surface area contributed by atoms with E-state index in [4.69, 9.17) is 14.2 Å². The summed E-state index contributed by atoms with van der Waals surface area (Å²) in [6.45, 7) is 2.42. The number of aromatic nitrogens is 2. The molecule has 0 spiro atoms. The number of hydrogen-bond donors (Lipinski definition) is 1. The van der Waals surface area contributed by atoms with E-state index in [0.29, 0.717) is 40.9 Å². The number of nitrogens with one attached hydrogen (secondary N) is 1. The molecule has 1 N–H and O–H groups in total. The molecule has 3 aromatic rings. The summed E-state index contributed by atoms with van der Waals surface area (Å²) in [5, 5.41) is 11.1. The maximum absolute atomic E-state index is 12.7. The van der Waals surface area contributed by atoms with E-state index in [-0.39, 0.29) is 5.91 Å². The molecule has 0 saturated heterocycles. The maximum Gasteiger partial charge on any atom is 0.259 e. The van der Waals surface area contributed by atoms with Crippen molar-refractivity contribution in [3.8, 4) is 28.6 Å². The van der Waals surface area contributed by atoms with Crippen LogP contribution in [-0.4, -0.2) is 36.9 Å². The molecule has 0 unspecified atom stereocenters. The van der Waals surface area contributed by atoms with Crippen LogP contribution in [0, 0.1) is 0 Å². The monoisotopic (exact) mass is 379 g/mol. The fraction of sp³-hybridized carbons (Fsp3) is 0.190. The number of hydrogen-bond acceptors (Lipinski definition) is 6. The van der Waals surface area contributed by atoms with Gasteiger partial charge in [0.25, 0.3) is 5.91 Å². The topological polar surface area (TPSA) is 82.6 Å². The Morgan fingerprint density at radius 3 is 2.50 bits per heavy atom. The lowest BCUT2D eigenvalue weighted by Gasteiger charge is -2.13. The van der Waals surface area contributed by atoms with Crippen molar-refractivity contribution in [1.29, 1.82) is 0 Å². The molecule has 1 amide bonds. The SMILES string of the molecule is CCOc1ccc(-c2cccc(NC(=O)c3cccc(OC)c3OC)c2)nn1. The zero-order chi connectivity index (χ0) is 19.9. The summed E-state index contributed by atoms with van der Waals surface area (Å²) >= 11 is 0. The second-order valence-corrected chi connectivity index (χ2v) is 5.77. The summed E-state index contributed by atoms with van der Waals surface area (Å²) in [7, 11) is 3.03. The largest absolute Gasteiger partial charge is 0.493 e. The van der Waals surface area contributed by atoms with E-state index in [9.17, 15) is 4.79 Å². The molecule has 7 nitrogen and oxygen atoms in total. The van der Waals surface area contributed by atoms with Crippen LogP contribution in [0.2, 0.25) is 0 Å². The molecule has 0 aliphatic rings. The first kappa shape index (κ1) is 19.2. The van der Waals surface area contributed by atoms with E-state index in [1.165, 1.54) is 14.2 Å². The first-order valence-corrected chi connectivity index (χ1v) is 8.75. The lowest BCUT2D eigenvalue weighted by Crippen LogP contribution is -2.13. The van der Waals surface area contributed by atoms with Gasteiger partial charge in [-0.1, -0.05) is 18.2 Å². The molecule has 144 valence electrons. The zero-order valence-corrected chi connectivity index (χ0v) is 15.9. The number of benzene rings is 2. The molecule has 0 radical (unpaired) electrons. The van der Waals surface area contributed by atoms with Crippen LogP contribution in [0.25, 0.3) is 11.3 Å². The van der Waals surface area contributed by atoms with Gasteiger partial charge in [0.2, 0.25) is 5.88 Å². The van der Waals surface area contributed by atoms with Crippen LogP contribution in [0.1, 0.15) is 17.3 Å². The molecule has 7 heteroatoms. The number of para-hydroxylation sites is 1. The van der Waals surface area contributed by atoms with E-state index >= 15 is 0 Å². The molecule has 1 aromatic heterocycles. The number of anilines is 1. The molecule has 0 saturated carbocycles. The zero-order valence-electron chi connectivity index (χ0n) is 15.9. The lowest BCUT2D eigenvalue weighted by atomic mass is 10.1. The fourth-order valence-electron chi connectivity index (χ4n) is 2.72. The number of ether oxygens (including phenoxy) is 3. The van der Waals surface area contributed by atoms with Gasteiger partial charge in [0.05, 0.1) is 32.1 Å². The number of carbonyl (C=O) groups is 1. The first-order chi connectivity index (χ1) is 13.7. The number of rotatable bonds is 7. The molecule has 0 fully saturated rings. The molecule has 2 aromatic carbocycles. The standard InChI is InChI=1S/C21H21N3O4/c1-4-28-19-12-11-17(23-24-19)14-7-5-8-15(13-14)22-21(25)16-9-6-10-18(26-2)20(16)27-3/h5-13H,4H2,1-3H3,(H,22,25). The van der Waals surface area contributed by atoms with Crippen molar-refractivity contribution >= 4 is 11.6 Å².